The van der Waals surface area contributed by atoms with Crippen LogP contribution < -0.4 is 9.47 Å². The molecule has 1 N–H and O–H groups in total. The molecule has 1 aromatic carbocycles. The Morgan fingerprint density at radius 1 is 1.00 bits per heavy atom. The molecule has 1 aliphatic carbocycles. The lowest BCUT2D eigenvalue weighted by Gasteiger charge is -2.25. The first-order valence-corrected chi connectivity index (χ1v) is 13.6. The third-order valence-corrected chi connectivity index (χ3v) is 8.11. The van der Waals surface area contributed by atoms with Crippen molar-refractivity contribution in [3.63, 3.8) is 0 Å². The van der Waals surface area contributed by atoms with Crippen molar-refractivity contribution in [2.24, 2.45) is 7.05 Å². The minimum absolute atomic E-state index is 0.106. The van der Waals surface area contributed by atoms with Crippen LogP contribution in [0.5, 0.6) is 11.8 Å². The summed E-state index contributed by atoms with van der Waals surface area (Å²) < 4.78 is 53.5. The van der Waals surface area contributed by atoms with E-state index in [9.17, 15) is 18.3 Å². The van der Waals surface area contributed by atoms with Crippen molar-refractivity contribution in [3.05, 3.63) is 58.3 Å². The predicted molar refractivity (Wildman–Crippen MR) is 148 cm³/mol. The fourth-order valence-corrected chi connectivity index (χ4v) is 5.32. The number of ether oxygens (including phenoxy) is 2. The Morgan fingerprint density at radius 3 is 2.29 bits per heavy atom. The zero-order valence-electron chi connectivity index (χ0n) is 22.8. The summed E-state index contributed by atoms with van der Waals surface area (Å²) >= 11 is 2.98. The Kier molecular flexibility index (Phi) is 6.68. The number of fused-ring (bicyclic) bond motifs is 1. The van der Waals surface area contributed by atoms with Crippen LogP contribution in [0, 0.1) is 0 Å². The van der Waals surface area contributed by atoms with Crippen molar-refractivity contribution in [1.82, 2.24) is 39.3 Å². The molecule has 11 nitrogen and oxygen atoms in total. The van der Waals surface area contributed by atoms with E-state index in [4.69, 9.17) is 14.5 Å². The largest absolute Gasteiger partial charge is 0.480 e. The lowest BCUT2D eigenvalue weighted by Crippen LogP contribution is -2.32. The van der Waals surface area contributed by atoms with Crippen LogP contribution >= 0.6 is 15.9 Å². The highest BCUT2D eigenvalue weighted by atomic mass is 79.9. The molecule has 218 valence electrons. The van der Waals surface area contributed by atoms with Crippen molar-refractivity contribution < 1.29 is 27.8 Å². The van der Waals surface area contributed by atoms with Gasteiger partial charge in [-0.15, -0.1) is 5.10 Å². The summed E-state index contributed by atoms with van der Waals surface area (Å²) in [7, 11) is 4.44. The van der Waals surface area contributed by atoms with E-state index in [-0.39, 0.29) is 27.9 Å². The number of halogens is 4. The highest BCUT2D eigenvalue weighted by molar-refractivity contribution is 9.10. The number of nitrogens with zero attached hydrogens (tertiary/aromatic N) is 8. The van der Waals surface area contributed by atoms with Gasteiger partial charge in [-0.3, -0.25) is 0 Å². The van der Waals surface area contributed by atoms with E-state index < -0.39 is 17.6 Å². The van der Waals surface area contributed by atoms with Gasteiger partial charge in [0.15, 0.2) is 22.9 Å². The SMILES string of the molecule is COc1ncnc(C2CC2)c1-c1ncc2c(OC)nn(C(C)(O)c3ccc(-c4nc(C(F)(F)F)c(Br)n4C)cc3)c2n1. The fraction of sp³-hybridized carbons (Fsp3) is 0.333. The Bertz CT molecular complexity index is 1810. The molecule has 0 aliphatic heterocycles. The number of aliphatic hydroxyl groups is 1. The van der Waals surface area contributed by atoms with Crippen LogP contribution in [0.2, 0.25) is 0 Å². The van der Waals surface area contributed by atoms with Crippen molar-refractivity contribution in [2.45, 2.75) is 37.6 Å². The lowest BCUT2D eigenvalue weighted by atomic mass is 10.0. The van der Waals surface area contributed by atoms with Gasteiger partial charge in [0.1, 0.15) is 27.7 Å². The van der Waals surface area contributed by atoms with E-state index in [2.05, 4.69) is 41.0 Å². The number of benzene rings is 1. The minimum Gasteiger partial charge on any atom is -0.480 e. The zero-order valence-corrected chi connectivity index (χ0v) is 24.4. The molecule has 0 radical (unpaired) electrons. The number of methoxy groups -OCH3 is 2. The van der Waals surface area contributed by atoms with Gasteiger partial charge in [0.05, 0.1) is 19.9 Å². The van der Waals surface area contributed by atoms with Gasteiger partial charge in [-0.25, -0.2) is 29.6 Å². The molecule has 1 fully saturated rings. The molecule has 5 aromatic rings. The van der Waals surface area contributed by atoms with E-state index in [1.807, 2.05) is 0 Å². The number of imidazole rings is 1. The van der Waals surface area contributed by atoms with Crippen LogP contribution in [-0.4, -0.2) is 58.6 Å². The topological polar surface area (TPSA) is 126 Å². The van der Waals surface area contributed by atoms with E-state index in [0.717, 1.165) is 18.5 Å². The predicted octanol–water partition coefficient (Wildman–Crippen LogP) is 5.07. The molecule has 4 aromatic heterocycles. The summed E-state index contributed by atoms with van der Waals surface area (Å²) in [5.41, 5.74) is -0.328. The average molecular weight is 645 g/mol. The van der Waals surface area contributed by atoms with Crippen LogP contribution in [0.15, 0.2) is 41.4 Å². The Hall–Kier alpha value is -4.11. The maximum Gasteiger partial charge on any atom is 0.436 e. The number of aromatic nitrogens is 8. The summed E-state index contributed by atoms with van der Waals surface area (Å²) in [6, 6.07) is 6.34. The molecule has 0 bridgehead atoms. The molecule has 0 saturated heterocycles. The van der Waals surface area contributed by atoms with Gasteiger partial charge in [0, 0.05) is 30.3 Å². The van der Waals surface area contributed by atoms with Gasteiger partial charge in [0.2, 0.25) is 11.8 Å². The number of hydrogen-bond acceptors (Lipinski definition) is 9. The standard InChI is InChI=1S/C27H24BrF3N8O3/c1-26(40,15-9-7-14(8-10-15)22-35-19(27(29,30)31)20(28)38(22)2)39-23-16(24(37-39)41-3)11-32-21(36-23)17-18(13-5-6-13)33-12-34-25(17)42-4/h7-13,40H,5-6H2,1-4H3. The smallest absolute Gasteiger partial charge is 0.436 e. The van der Waals surface area contributed by atoms with Gasteiger partial charge in [0.25, 0.3) is 0 Å². The molecule has 1 saturated carbocycles. The fourth-order valence-electron chi connectivity index (χ4n) is 4.84. The highest BCUT2D eigenvalue weighted by Gasteiger charge is 2.38. The first-order chi connectivity index (χ1) is 20.0. The van der Waals surface area contributed by atoms with Crippen LogP contribution in [0.1, 0.15) is 42.6 Å². The molecule has 42 heavy (non-hydrogen) atoms. The Balaban J connectivity index is 1.44. The van der Waals surface area contributed by atoms with Crippen LogP contribution in [0.4, 0.5) is 13.2 Å². The van der Waals surface area contributed by atoms with E-state index in [1.165, 1.54) is 43.8 Å². The van der Waals surface area contributed by atoms with Gasteiger partial charge in [-0.2, -0.15) is 13.2 Å². The third kappa shape index (κ3) is 4.56. The maximum atomic E-state index is 13.4. The lowest BCUT2D eigenvalue weighted by molar-refractivity contribution is -0.141. The second kappa shape index (κ2) is 10.0. The van der Waals surface area contributed by atoms with Gasteiger partial charge >= 0.3 is 6.18 Å². The molecule has 0 spiro atoms. The normalized spacial score (nSPS) is 15.2. The Labute approximate surface area is 245 Å². The second-order valence-electron chi connectivity index (χ2n) is 10.00. The van der Waals surface area contributed by atoms with Crippen molar-refractivity contribution in [3.8, 4) is 34.5 Å². The molecule has 1 unspecified atom stereocenters. The summed E-state index contributed by atoms with van der Waals surface area (Å²) in [6.45, 7) is 1.52. The van der Waals surface area contributed by atoms with Crippen molar-refractivity contribution in [2.75, 3.05) is 14.2 Å². The highest BCUT2D eigenvalue weighted by Crippen LogP contribution is 2.45. The molecular formula is C27H24BrF3N8O3. The second-order valence-corrected chi connectivity index (χ2v) is 10.8. The minimum atomic E-state index is -4.62. The molecule has 6 rings (SSSR count). The first-order valence-electron chi connectivity index (χ1n) is 12.8. The average Bonchev–Trinajstić information content (AvgIpc) is 3.68. The molecule has 1 aliphatic rings. The number of hydrogen-bond donors (Lipinski definition) is 1. The molecular weight excluding hydrogens is 621 g/mol. The van der Waals surface area contributed by atoms with Crippen molar-refractivity contribution >= 4 is 27.0 Å². The summed E-state index contributed by atoms with van der Waals surface area (Å²) in [6.07, 6.45) is 0.356. The Morgan fingerprint density at radius 2 is 1.69 bits per heavy atom. The molecule has 15 heteroatoms. The van der Waals surface area contributed by atoms with E-state index in [1.54, 1.807) is 30.5 Å². The van der Waals surface area contributed by atoms with Crippen LogP contribution in [-0.2, 0) is 18.9 Å². The summed E-state index contributed by atoms with van der Waals surface area (Å²) in [5.74, 6) is 1.20. The maximum absolute atomic E-state index is 13.4. The third-order valence-electron chi connectivity index (χ3n) is 7.20. The van der Waals surface area contributed by atoms with E-state index >= 15 is 0 Å². The summed E-state index contributed by atoms with van der Waals surface area (Å²) in [4.78, 5) is 21.8. The summed E-state index contributed by atoms with van der Waals surface area (Å²) in [5, 5.41) is 16.7. The van der Waals surface area contributed by atoms with E-state index in [0.29, 0.717) is 33.8 Å². The van der Waals surface area contributed by atoms with Crippen LogP contribution in [0.3, 0.4) is 0 Å². The quantitative estimate of drug-likeness (QED) is 0.258. The molecule has 1 atom stereocenters. The number of alkyl halides is 3. The number of rotatable bonds is 7. The van der Waals surface area contributed by atoms with Gasteiger partial charge in [-0.05, 0) is 35.7 Å². The van der Waals surface area contributed by atoms with Crippen LogP contribution in [0.25, 0.3) is 33.8 Å². The van der Waals surface area contributed by atoms with Gasteiger partial charge < -0.3 is 19.1 Å². The molecule has 0 amide bonds. The zero-order chi connectivity index (χ0) is 30.0. The first kappa shape index (κ1) is 28.0. The van der Waals surface area contributed by atoms with Crippen molar-refractivity contribution in [1.29, 1.82) is 0 Å². The molecule has 4 heterocycles. The van der Waals surface area contributed by atoms with Gasteiger partial charge in [-0.1, -0.05) is 24.3 Å². The monoisotopic (exact) mass is 644 g/mol.